The molecule has 0 aliphatic rings. The number of pyridine rings is 1. The highest BCUT2D eigenvalue weighted by Gasteiger charge is 2.13. The summed E-state index contributed by atoms with van der Waals surface area (Å²) in [5, 5.41) is 20.2. The van der Waals surface area contributed by atoms with Gasteiger partial charge in [-0.3, -0.25) is 4.79 Å². The minimum atomic E-state index is -1.48. The zero-order valence-electron chi connectivity index (χ0n) is 9.68. The van der Waals surface area contributed by atoms with Crippen molar-refractivity contribution in [3.05, 3.63) is 28.5 Å². The van der Waals surface area contributed by atoms with Gasteiger partial charge < -0.3 is 15.5 Å². The van der Waals surface area contributed by atoms with Crippen molar-refractivity contribution in [2.75, 3.05) is 6.54 Å². The van der Waals surface area contributed by atoms with Gasteiger partial charge in [-0.15, -0.1) is 0 Å². The summed E-state index contributed by atoms with van der Waals surface area (Å²) < 4.78 is 0. The number of carbonyl (C=O) groups is 2. The van der Waals surface area contributed by atoms with Gasteiger partial charge in [-0.25, -0.2) is 9.78 Å². The lowest BCUT2D eigenvalue weighted by molar-refractivity contribution is -0.146. The third-order valence-electron chi connectivity index (χ3n) is 2.17. The van der Waals surface area contributed by atoms with Gasteiger partial charge in [0.05, 0.1) is 0 Å². The third kappa shape index (κ3) is 4.31. The Morgan fingerprint density at radius 1 is 1.50 bits per heavy atom. The molecule has 0 bridgehead atoms. The van der Waals surface area contributed by atoms with Crippen LogP contribution in [0.1, 0.15) is 22.5 Å². The molecule has 0 saturated heterocycles. The molecule has 1 aromatic rings. The van der Waals surface area contributed by atoms with Gasteiger partial charge in [-0.05, 0) is 19.1 Å². The van der Waals surface area contributed by atoms with E-state index in [1.54, 1.807) is 13.0 Å². The molecule has 0 radical (unpaired) electrons. The molecule has 7 heteroatoms. The van der Waals surface area contributed by atoms with E-state index in [-0.39, 0.29) is 24.0 Å². The molecule has 98 valence electrons. The van der Waals surface area contributed by atoms with E-state index in [0.717, 1.165) is 0 Å². The van der Waals surface area contributed by atoms with E-state index in [4.69, 9.17) is 21.8 Å². The van der Waals surface area contributed by atoms with Gasteiger partial charge in [0.2, 0.25) is 0 Å². The minimum Gasteiger partial charge on any atom is -0.479 e. The van der Waals surface area contributed by atoms with Crippen LogP contribution < -0.4 is 5.32 Å². The van der Waals surface area contributed by atoms with Crippen LogP contribution in [0.4, 0.5) is 0 Å². The molecule has 0 spiro atoms. The number of aliphatic carboxylic acids is 1. The van der Waals surface area contributed by atoms with Crippen LogP contribution >= 0.6 is 11.6 Å². The molecule has 0 saturated carbocycles. The molecule has 18 heavy (non-hydrogen) atoms. The maximum absolute atomic E-state index is 11.7. The lowest BCUT2D eigenvalue weighted by Crippen LogP contribution is -2.30. The number of hydrogen-bond acceptors (Lipinski definition) is 4. The largest absolute Gasteiger partial charge is 0.479 e. The van der Waals surface area contributed by atoms with Crippen LogP contribution in [-0.2, 0) is 4.79 Å². The molecule has 0 aromatic carbocycles. The van der Waals surface area contributed by atoms with E-state index in [1.807, 2.05) is 0 Å². The van der Waals surface area contributed by atoms with Gasteiger partial charge in [0, 0.05) is 24.2 Å². The number of nitrogens with zero attached hydrogens (tertiary/aromatic N) is 1. The molecule has 1 aromatic heterocycles. The first-order valence-corrected chi connectivity index (χ1v) is 5.61. The molecule has 0 aliphatic heterocycles. The Balaban J connectivity index is 2.53. The van der Waals surface area contributed by atoms with Crippen LogP contribution in [0.3, 0.4) is 0 Å². The number of aliphatic hydroxyl groups is 1. The van der Waals surface area contributed by atoms with Crippen LogP contribution in [0, 0.1) is 6.92 Å². The van der Waals surface area contributed by atoms with Crippen LogP contribution in [0.2, 0.25) is 5.15 Å². The van der Waals surface area contributed by atoms with Gasteiger partial charge in [0.15, 0.2) is 6.10 Å². The first-order valence-electron chi connectivity index (χ1n) is 5.23. The quantitative estimate of drug-likeness (QED) is 0.682. The summed E-state index contributed by atoms with van der Waals surface area (Å²) in [6.07, 6.45) is -1.54. The van der Waals surface area contributed by atoms with E-state index >= 15 is 0 Å². The summed E-state index contributed by atoms with van der Waals surface area (Å²) in [5.41, 5.74) is 0.954. The Morgan fingerprint density at radius 3 is 2.72 bits per heavy atom. The number of aliphatic hydroxyl groups excluding tert-OH is 1. The standard InChI is InChI=1S/C11H13ClN2O4/c1-6-4-7(5-9(12)14-6)10(16)13-3-2-8(15)11(17)18/h4-5,8,15H,2-3H2,1H3,(H,13,16)(H,17,18). The Kier molecular flexibility index (Phi) is 5.06. The summed E-state index contributed by atoms with van der Waals surface area (Å²) in [7, 11) is 0. The summed E-state index contributed by atoms with van der Waals surface area (Å²) in [6, 6.07) is 2.98. The van der Waals surface area contributed by atoms with E-state index in [2.05, 4.69) is 10.3 Å². The topological polar surface area (TPSA) is 99.5 Å². The van der Waals surface area contributed by atoms with Crippen LogP contribution in [0.15, 0.2) is 12.1 Å². The molecule has 1 rings (SSSR count). The van der Waals surface area contributed by atoms with Gasteiger partial charge >= 0.3 is 5.97 Å². The van der Waals surface area contributed by atoms with Gasteiger partial charge in [0.1, 0.15) is 5.15 Å². The minimum absolute atomic E-state index is 0.0567. The van der Waals surface area contributed by atoms with Crippen molar-refractivity contribution in [1.82, 2.24) is 10.3 Å². The van der Waals surface area contributed by atoms with Crippen molar-refractivity contribution in [1.29, 1.82) is 0 Å². The highest BCUT2D eigenvalue weighted by Crippen LogP contribution is 2.10. The van der Waals surface area contributed by atoms with Crippen LogP contribution in [0.25, 0.3) is 0 Å². The van der Waals surface area contributed by atoms with Gasteiger partial charge in [-0.2, -0.15) is 0 Å². The summed E-state index contributed by atoms with van der Waals surface area (Å²) >= 11 is 5.71. The number of hydrogen-bond donors (Lipinski definition) is 3. The number of aryl methyl sites for hydroxylation is 1. The average molecular weight is 273 g/mol. The molecule has 0 fully saturated rings. The predicted octanol–water partition coefficient (Wildman–Crippen LogP) is 0.609. The lowest BCUT2D eigenvalue weighted by atomic mass is 10.2. The fourth-order valence-electron chi connectivity index (χ4n) is 1.31. The molecule has 6 nitrogen and oxygen atoms in total. The maximum Gasteiger partial charge on any atom is 0.332 e. The van der Waals surface area contributed by atoms with Crippen molar-refractivity contribution in [3.8, 4) is 0 Å². The zero-order valence-corrected chi connectivity index (χ0v) is 10.4. The first kappa shape index (κ1) is 14.4. The summed E-state index contributed by atoms with van der Waals surface area (Å²) in [4.78, 5) is 25.9. The smallest absolute Gasteiger partial charge is 0.332 e. The maximum atomic E-state index is 11.7. The molecule has 1 heterocycles. The number of carboxylic acid groups (broad SMARTS) is 1. The normalized spacial score (nSPS) is 11.9. The van der Waals surface area contributed by atoms with E-state index in [0.29, 0.717) is 11.3 Å². The lowest BCUT2D eigenvalue weighted by Gasteiger charge is -2.08. The highest BCUT2D eigenvalue weighted by molar-refractivity contribution is 6.29. The number of aromatic nitrogens is 1. The van der Waals surface area contributed by atoms with E-state index in [1.165, 1.54) is 6.07 Å². The predicted molar refractivity (Wildman–Crippen MR) is 64.6 cm³/mol. The van der Waals surface area contributed by atoms with E-state index in [9.17, 15) is 9.59 Å². The average Bonchev–Trinajstić information content (AvgIpc) is 2.27. The molecular formula is C11H13ClN2O4. The Labute approximate surface area is 109 Å². The Morgan fingerprint density at radius 2 is 2.17 bits per heavy atom. The third-order valence-corrected chi connectivity index (χ3v) is 2.37. The molecule has 1 amide bonds. The molecule has 3 N–H and O–H groups in total. The zero-order chi connectivity index (χ0) is 13.7. The fraction of sp³-hybridized carbons (Fsp3) is 0.364. The molecular weight excluding hydrogens is 260 g/mol. The second-order valence-electron chi connectivity index (χ2n) is 3.72. The summed E-state index contributed by atoms with van der Waals surface area (Å²) in [5.74, 6) is -1.70. The number of halogens is 1. The van der Waals surface area contributed by atoms with Crippen molar-refractivity contribution in [2.24, 2.45) is 0 Å². The highest BCUT2D eigenvalue weighted by atomic mass is 35.5. The summed E-state index contributed by atoms with van der Waals surface area (Å²) in [6.45, 7) is 1.77. The SMILES string of the molecule is Cc1cc(C(=O)NCCC(O)C(=O)O)cc(Cl)n1. The second-order valence-corrected chi connectivity index (χ2v) is 4.11. The van der Waals surface area contributed by atoms with E-state index < -0.39 is 12.1 Å². The van der Waals surface area contributed by atoms with Crippen molar-refractivity contribution in [2.45, 2.75) is 19.4 Å². The number of amides is 1. The van der Waals surface area contributed by atoms with Crippen molar-refractivity contribution >= 4 is 23.5 Å². The first-order chi connectivity index (χ1) is 8.40. The van der Waals surface area contributed by atoms with Crippen LogP contribution in [-0.4, -0.2) is 39.7 Å². The Hall–Kier alpha value is -1.66. The fourth-order valence-corrected chi connectivity index (χ4v) is 1.56. The van der Waals surface area contributed by atoms with Crippen LogP contribution in [0.5, 0.6) is 0 Å². The second kappa shape index (κ2) is 6.32. The Bertz CT molecular complexity index is 444. The number of rotatable bonds is 5. The van der Waals surface area contributed by atoms with Crippen molar-refractivity contribution < 1.29 is 19.8 Å². The number of carbonyl (C=O) groups excluding carboxylic acids is 1. The number of nitrogens with one attached hydrogen (secondary N) is 1. The number of carboxylic acids is 1. The molecule has 1 unspecified atom stereocenters. The van der Waals surface area contributed by atoms with Gasteiger partial charge in [-0.1, -0.05) is 11.6 Å². The molecule has 1 atom stereocenters. The molecule has 0 aliphatic carbocycles. The monoisotopic (exact) mass is 272 g/mol. The van der Waals surface area contributed by atoms with Crippen molar-refractivity contribution in [3.63, 3.8) is 0 Å². The van der Waals surface area contributed by atoms with Gasteiger partial charge in [0.25, 0.3) is 5.91 Å².